The van der Waals surface area contributed by atoms with Crippen molar-refractivity contribution in [2.45, 2.75) is 0 Å². The van der Waals surface area contributed by atoms with Crippen LogP contribution in [0.1, 0.15) is 5.69 Å². The van der Waals surface area contributed by atoms with Crippen LogP contribution in [0.2, 0.25) is 0 Å². The van der Waals surface area contributed by atoms with Gasteiger partial charge in [-0.3, -0.25) is 4.98 Å². The molecule has 0 aliphatic carbocycles. The fourth-order valence-electron chi connectivity index (χ4n) is 0.497. The van der Waals surface area contributed by atoms with Gasteiger partial charge in [-0.15, -0.1) is 0 Å². The van der Waals surface area contributed by atoms with Crippen LogP contribution >= 0.6 is 0 Å². The molecule has 0 atom stereocenters. The van der Waals surface area contributed by atoms with Gasteiger partial charge in [0.25, 0.3) is 0 Å². The Labute approximate surface area is 66.3 Å². The largest absolute Gasteiger partial charge is 0.432 e. The Balaban J connectivity index is 0.000000292. The van der Waals surface area contributed by atoms with E-state index in [4.69, 9.17) is 10.0 Å². The standard InChI is InChI=1S/C7H7N.BH3O2/c1-2-7-5-3-4-6-8-7;2-1-3/h2-6H,1H2;1-3H. The smallest absolute Gasteiger partial charge is 0.430 e. The molecule has 0 fully saturated rings. The molecule has 11 heavy (non-hydrogen) atoms. The van der Waals surface area contributed by atoms with Gasteiger partial charge < -0.3 is 10.0 Å². The fourth-order valence-corrected chi connectivity index (χ4v) is 0.497. The summed E-state index contributed by atoms with van der Waals surface area (Å²) in [6.45, 7) is 3.57. The molecule has 0 spiro atoms. The van der Waals surface area contributed by atoms with E-state index in [2.05, 4.69) is 11.6 Å². The molecule has 0 bridgehead atoms. The lowest BCUT2D eigenvalue weighted by atomic mass is 10.4. The topological polar surface area (TPSA) is 53.4 Å². The number of hydrogen-bond acceptors (Lipinski definition) is 3. The molecule has 4 heteroatoms. The summed E-state index contributed by atoms with van der Waals surface area (Å²) in [6, 6.07) is 5.73. The maximum absolute atomic E-state index is 7.12. The van der Waals surface area contributed by atoms with Crippen molar-refractivity contribution in [1.82, 2.24) is 4.98 Å². The first-order chi connectivity index (χ1) is 5.35. The first kappa shape index (κ1) is 9.87. The van der Waals surface area contributed by atoms with Gasteiger partial charge in [0.1, 0.15) is 0 Å². The Hall–Kier alpha value is -1.13. The van der Waals surface area contributed by atoms with Crippen LogP contribution in [0.15, 0.2) is 31.0 Å². The van der Waals surface area contributed by atoms with Crippen LogP contribution < -0.4 is 0 Å². The van der Waals surface area contributed by atoms with Gasteiger partial charge in [-0.1, -0.05) is 12.6 Å². The summed E-state index contributed by atoms with van der Waals surface area (Å²) in [5, 5.41) is 14.2. The molecule has 1 aromatic rings. The summed E-state index contributed by atoms with van der Waals surface area (Å²) in [5.41, 5.74) is 0.924. The number of nitrogens with zero attached hydrogens (tertiary/aromatic N) is 1. The van der Waals surface area contributed by atoms with Gasteiger partial charge in [-0.05, 0) is 18.2 Å². The first-order valence-electron chi connectivity index (χ1n) is 3.10. The van der Waals surface area contributed by atoms with Crippen LogP contribution in [0, 0.1) is 0 Å². The highest BCUT2D eigenvalue weighted by molar-refractivity contribution is 6.13. The van der Waals surface area contributed by atoms with E-state index in [0.717, 1.165) is 5.69 Å². The molecule has 0 unspecified atom stereocenters. The van der Waals surface area contributed by atoms with Crippen molar-refractivity contribution in [2.24, 2.45) is 0 Å². The fraction of sp³-hybridized carbons (Fsp3) is 0. The zero-order valence-electron chi connectivity index (χ0n) is 6.14. The Kier molecular flexibility index (Phi) is 6.27. The van der Waals surface area contributed by atoms with E-state index in [-0.39, 0.29) is 0 Å². The number of aromatic nitrogens is 1. The minimum absolute atomic E-state index is 0.750. The Morgan fingerprint density at radius 2 is 2.09 bits per heavy atom. The molecule has 1 aromatic heterocycles. The van der Waals surface area contributed by atoms with Crippen LogP contribution in [-0.4, -0.2) is 22.7 Å². The zero-order chi connectivity index (χ0) is 8.53. The van der Waals surface area contributed by atoms with Crippen LogP contribution in [-0.2, 0) is 0 Å². The third kappa shape index (κ3) is 5.33. The quantitative estimate of drug-likeness (QED) is 0.553. The summed E-state index contributed by atoms with van der Waals surface area (Å²) in [6.07, 6.45) is 3.47. The monoisotopic (exact) mass is 151 g/mol. The summed E-state index contributed by atoms with van der Waals surface area (Å²) in [7, 11) is -0.750. The minimum atomic E-state index is -0.750. The van der Waals surface area contributed by atoms with Gasteiger partial charge in [0.15, 0.2) is 0 Å². The summed E-state index contributed by atoms with van der Waals surface area (Å²) >= 11 is 0. The van der Waals surface area contributed by atoms with Gasteiger partial charge in [-0.25, -0.2) is 0 Å². The van der Waals surface area contributed by atoms with Crippen LogP contribution in [0.5, 0.6) is 0 Å². The molecule has 2 N–H and O–H groups in total. The normalized spacial score (nSPS) is 7.45. The predicted octanol–water partition coefficient (Wildman–Crippen LogP) is -0.0379. The Bertz CT molecular complexity index is 191. The van der Waals surface area contributed by atoms with Crippen molar-refractivity contribution in [3.63, 3.8) is 0 Å². The molecule has 0 aliphatic heterocycles. The molecule has 0 aromatic carbocycles. The molecule has 0 saturated heterocycles. The number of hydrogen-bond donors (Lipinski definition) is 2. The van der Waals surface area contributed by atoms with Crippen molar-refractivity contribution in [3.05, 3.63) is 36.7 Å². The molecule has 0 radical (unpaired) electrons. The highest BCUT2D eigenvalue weighted by Crippen LogP contribution is 1.91. The van der Waals surface area contributed by atoms with Crippen molar-refractivity contribution >= 4 is 13.8 Å². The van der Waals surface area contributed by atoms with E-state index in [9.17, 15) is 0 Å². The maximum Gasteiger partial charge on any atom is 0.432 e. The molecular weight excluding hydrogens is 141 g/mol. The van der Waals surface area contributed by atoms with Gasteiger partial charge >= 0.3 is 7.69 Å². The number of pyridine rings is 1. The predicted molar refractivity (Wildman–Crippen MR) is 45.9 cm³/mol. The molecule has 0 amide bonds. The summed E-state index contributed by atoms with van der Waals surface area (Å²) in [4.78, 5) is 3.98. The van der Waals surface area contributed by atoms with E-state index in [1.807, 2.05) is 18.2 Å². The lowest BCUT2D eigenvalue weighted by Crippen LogP contribution is -1.75. The van der Waals surface area contributed by atoms with Crippen molar-refractivity contribution in [3.8, 4) is 0 Å². The highest BCUT2D eigenvalue weighted by atomic mass is 16.4. The van der Waals surface area contributed by atoms with Crippen LogP contribution in [0.3, 0.4) is 0 Å². The highest BCUT2D eigenvalue weighted by Gasteiger charge is 1.77. The average Bonchev–Trinajstić information content (AvgIpc) is 2.08. The molecule has 3 nitrogen and oxygen atoms in total. The molecule has 0 saturated carbocycles. The van der Waals surface area contributed by atoms with Crippen molar-refractivity contribution in [2.75, 3.05) is 0 Å². The third-order valence-electron chi connectivity index (χ3n) is 0.897. The SMILES string of the molecule is C=Cc1ccccn1.OBO. The lowest BCUT2D eigenvalue weighted by molar-refractivity contribution is 0.448. The van der Waals surface area contributed by atoms with E-state index >= 15 is 0 Å². The van der Waals surface area contributed by atoms with Crippen LogP contribution in [0.4, 0.5) is 0 Å². The molecule has 1 heterocycles. The second-order valence-corrected chi connectivity index (χ2v) is 1.60. The van der Waals surface area contributed by atoms with E-state index < -0.39 is 7.69 Å². The summed E-state index contributed by atoms with van der Waals surface area (Å²) in [5.74, 6) is 0. The maximum atomic E-state index is 7.12. The Morgan fingerprint density at radius 1 is 1.45 bits per heavy atom. The molecule has 1 rings (SSSR count). The van der Waals surface area contributed by atoms with Gasteiger partial charge in [0, 0.05) is 6.20 Å². The van der Waals surface area contributed by atoms with Gasteiger partial charge in [0.05, 0.1) is 5.69 Å². The second-order valence-electron chi connectivity index (χ2n) is 1.60. The average molecular weight is 151 g/mol. The Morgan fingerprint density at radius 3 is 2.36 bits per heavy atom. The number of rotatable bonds is 1. The van der Waals surface area contributed by atoms with E-state index in [1.54, 1.807) is 12.3 Å². The third-order valence-corrected chi connectivity index (χ3v) is 0.897. The summed E-state index contributed by atoms with van der Waals surface area (Å²) < 4.78 is 0. The molecule has 0 aliphatic rings. The van der Waals surface area contributed by atoms with E-state index in [0.29, 0.717) is 0 Å². The molecule has 58 valence electrons. The minimum Gasteiger partial charge on any atom is -0.430 e. The molecular formula is C7H10BNO2. The van der Waals surface area contributed by atoms with E-state index in [1.165, 1.54) is 0 Å². The first-order valence-corrected chi connectivity index (χ1v) is 3.10. The lowest BCUT2D eigenvalue weighted by Gasteiger charge is -1.84. The van der Waals surface area contributed by atoms with Gasteiger partial charge in [0.2, 0.25) is 0 Å². The zero-order valence-corrected chi connectivity index (χ0v) is 6.14. The van der Waals surface area contributed by atoms with Gasteiger partial charge in [-0.2, -0.15) is 0 Å². The van der Waals surface area contributed by atoms with Crippen LogP contribution in [0.25, 0.3) is 6.08 Å². The van der Waals surface area contributed by atoms with Crippen molar-refractivity contribution < 1.29 is 10.0 Å². The second kappa shape index (κ2) is 6.99. The van der Waals surface area contributed by atoms with Crippen molar-refractivity contribution in [1.29, 1.82) is 0 Å².